The van der Waals surface area contributed by atoms with Crippen LogP contribution in [0.2, 0.25) is 0 Å². The van der Waals surface area contributed by atoms with Gasteiger partial charge >= 0.3 is 36.6 Å². The molecule has 1 atom stereocenters. The Morgan fingerprint density at radius 1 is 0.818 bits per heavy atom. The molecule has 0 aromatic heterocycles. The van der Waals surface area contributed by atoms with Crippen molar-refractivity contribution in [3.05, 3.63) is 29.3 Å². The monoisotopic (exact) mass is 654 g/mol. The topological polar surface area (TPSA) is 94.6 Å². The van der Waals surface area contributed by atoms with Crippen molar-refractivity contribution < 1.29 is 72.8 Å². The summed E-state index contributed by atoms with van der Waals surface area (Å²) < 4.78 is 136. The molecule has 0 spiro atoms. The number of ether oxygens (including phenoxy) is 4. The van der Waals surface area contributed by atoms with Crippen LogP contribution in [-0.2, 0) is 36.5 Å². The van der Waals surface area contributed by atoms with Gasteiger partial charge in [0.2, 0.25) is 6.29 Å². The number of carbonyl (C=O) groups excluding carboxylic acids is 3. The second kappa shape index (κ2) is 13.7. The molecule has 9 nitrogen and oxygen atoms in total. The summed E-state index contributed by atoms with van der Waals surface area (Å²) in [5.41, 5.74) is -2.88. The van der Waals surface area contributed by atoms with Crippen molar-refractivity contribution in [1.29, 1.82) is 0 Å². The summed E-state index contributed by atoms with van der Waals surface area (Å²) >= 11 is 0. The van der Waals surface area contributed by atoms with Crippen molar-refractivity contribution in [2.24, 2.45) is 5.92 Å². The standard InChI is InChI=1S/C26H31F9N2O7/c1-14(2)19(38)41-15(3)42-21(39)23(4,5)44-18-12-17(24(27,28)29)7-6-16(18)13-36-8-10-37(11-9-36)22(40)43-20(25(30,31)32)26(33,34)35/h6-7,12,14-15,20H,8-11,13H2,1-5H3. The van der Waals surface area contributed by atoms with Gasteiger partial charge in [0.1, 0.15) is 5.75 Å². The maximum atomic E-state index is 13.5. The molecule has 1 aliphatic rings. The van der Waals surface area contributed by atoms with E-state index in [1.54, 1.807) is 18.7 Å². The fourth-order valence-corrected chi connectivity index (χ4v) is 3.71. The van der Waals surface area contributed by atoms with E-state index in [0.717, 1.165) is 12.1 Å². The van der Waals surface area contributed by atoms with Crippen LogP contribution >= 0.6 is 0 Å². The van der Waals surface area contributed by atoms with Crippen LogP contribution in [0.5, 0.6) is 5.75 Å². The molecule has 1 amide bonds. The van der Waals surface area contributed by atoms with Gasteiger partial charge in [0.25, 0.3) is 6.10 Å². The van der Waals surface area contributed by atoms with Crippen LogP contribution in [0.4, 0.5) is 44.3 Å². The Morgan fingerprint density at radius 2 is 1.36 bits per heavy atom. The first-order chi connectivity index (χ1) is 19.9. The number of rotatable bonds is 9. The highest BCUT2D eigenvalue weighted by Crippen LogP contribution is 2.37. The van der Waals surface area contributed by atoms with E-state index in [9.17, 15) is 53.9 Å². The molecule has 18 heteroatoms. The maximum absolute atomic E-state index is 13.5. The molecule has 0 N–H and O–H groups in total. The van der Waals surface area contributed by atoms with Crippen LogP contribution in [0.1, 0.15) is 45.7 Å². The first-order valence-electron chi connectivity index (χ1n) is 13.0. The smallest absolute Gasteiger partial charge is 0.434 e. The molecule has 1 heterocycles. The number of hydrogen-bond acceptors (Lipinski definition) is 8. The zero-order chi connectivity index (χ0) is 33.8. The quantitative estimate of drug-likeness (QED) is 0.190. The van der Waals surface area contributed by atoms with Gasteiger partial charge in [0, 0.05) is 45.2 Å². The van der Waals surface area contributed by atoms with Gasteiger partial charge < -0.3 is 23.8 Å². The van der Waals surface area contributed by atoms with E-state index < -0.39 is 66.0 Å². The van der Waals surface area contributed by atoms with E-state index in [2.05, 4.69) is 4.74 Å². The first-order valence-corrected chi connectivity index (χ1v) is 13.0. The lowest BCUT2D eigenvalue weighted by Crippen LogP contribution is -2.52. The molecule has 44 heavy (non-hydrogen) atoms. The van der Waals surface area contributed by atoms with Crippen molar-refractivity contribution in [2.75, 3.05) is 26.2 Å². The largest absolute Gasteiger partial charge is 0.476 e. The Bertz CT molecular complexity index is 1160. The Labute approximate surface area is 246 Å². The van der Waals surface area contributed by atoms with E-state index in [4.69, 9.17) is 14.2 Å². The van der Waals surface area contributed by atoms with Crippen molar-refractivity contribution in [1.82, 2.24) is 9.80 Å². The zero-order valence-electron chi connectivity index (χ0n) is 24.2. The fourth-order valence-electron chi connectivity index (χ4n) is 3.71. The summed E-state index contributed by atoms with van der Waals surface area (Å²) in [4.78, 5) is 38.7. The average Bonchev–Trinajstić information content (AvgIpc) is 2.86. The van der Waals surface area contributed by atoms with Crippen LogP contribution in [0, 0.1) is 5.92 Å². The SMILES string of the molecule is CC(OC(=O)C(C)C)OC(=O)C(C)(C)Oc1cc(C(F)(F)F)ccc1CN1CCN(C(=O)OC(C(F)(F)F)C(F)(F)F)CC1. The summed E-state index contributed by atoms with van der Waals surface area (Å²) in [6, 6.07) is 2.47. The van der Waals surface area contributed by atoms with Gasteiger partial charge in [-0.2, -0.15) is 39.5 Å². The van der Waals surface area contributed by atoms with E-state index in [-0.39, 0.29) is 44.0 Å². The minimum atomic E-state index is -5.88. The molecule has 0 saturated carbocycles. The lowest BCUT2D eigenvalue weighted by Gasteiger charge is -2.35. The molecule has 250 valence electrons. The van der Waals surface area contributed by atoms with Gasteiger partial charge in [-0.15, -0.1) is 0 Å². The van der Waals surface area contributed by atoms with Crippen LogP contribution in [0.3, 0.4) is 0 Å². The third kappa shape index (κ3) is 10.3. The number of benzene rings is 1. The number of halogens is 9. The van der Waals surface area contributed by atoms with Gasteiger partial charge in [0.05, 0.1) is 11.5 Å². The van der Waals surface area contributed by atoms with Crippen molar-refractivity contribution >= 4 is 18.0 Å². The summed E-state index contributed by atoms with van der Waals surface area (Å²) in [6.45, 7) is 5.68. The Kier molecular flexibility index (Phi) is 11.4. The van der Waals surface area contributed by atoms with E-state index >= 15 is 0 Å². The number of piperazine rings is 1. The molecule has 1 saturated heterocycles. The summed E-state index contributed by atoms with van der Waals surface area (Å²) in [5, 5.41) is 0. The highest BCUT2D eigenvalue weighted by molar-refractivity contribution is 5.79. The molecule has 1 aromatic rings. The third-order valence-electron chi connectivity index (χ3n) is 6.12. The maximum Gasteiger partial charge on any atom is 0.434 e. The van der Waals surface area contributed by atoms with Gasteiger partial charge in [0.15, 0.2) is 5.60 Å². The van der Waals surface area contributed by atoms with E-state index in [1.165, 1.54) is 20.8 Å². The zero-order valence-corrected chi connectivity index (χ0v) is 24.2. The third-order valence-corrected chi connectivity index (χ3v) is 6.12. The number of esters is 2. The summed E-state index contributed by atoms with van der Waals surface area (Å²) in [7, 11) is 0. The second-order valence-electron chi connectivity index (χ2n) is 10.6. The molecule has 1 aliphatic heterocycles. The number of hydrogen-bond donors (Lipinski definition) is 0. The Balaban J connectivity index is 2.16. The van der Waals surface area contributed by atoms with Gasteiger partial charge in [-0.1, -0.05) is 19.9 Å². The van der Waals surface area contributed by atoms with Gasteiger partial charge in [-0.25, -0.2) is 9.59 Å². The molecule has 0 radical (unpaired) electrons. The van der Waals surface area contributed by atoms with Crippen LogP contribution < -0.4 is 4.74 Å². The van der Waals surface area contributed by atoms with E-state index in [1.807, 2.05) is 0 Å². The Morgan fingerprint density at radius 3 is 1.84 bits per heavy atom. The van der Waals surface area contributed by atoms with Crippen molar-refractivity contribution in [2.45, 2.75) is 77.7 Å². The highest BCUT2D eigenvalue weighted by Gasteiger charge is 2.60. The van der Waals surface area contributed by atoms with Gasteiger partial charge in [-0.05, 0) is 26.0 Å². The molecule has 1 unspecified atom stereocenters. The second-order valence-corrected chi connectivity index (χ2v) is 10.6. The normalized spacial score (nSPS) is 16.1. The fraction of sp³-hybridized carbons (Fsp3) is 0.654. The van der Waals surface area contributed by atoms with Crippen molar-refractivity contribution in [3.8, 4) is 5.75 Å². The summed E-state index contributed by atoms with van der Waals surface area (Å²) in [5.74, 6) is -2.66. The lowest BCUT2D eigenvalue weighted by atomic mass is 10.1. The molecular weight excluding hydrogens is 623 g/mol. The minimum absolute atomic E-state index is 0.109. The molecule has 1 fully saturated rings. The molecular formula is C26H31F9N2O7. The summed E-state index contributed by atoms with van der Waals surface area (Å²) in [6.07, 6.45) is -24.1. The number of alkyl halides is 9. The average molecular weight is 655 g/mol. The number of nitrogens with zero attached hydrogens (tertiary/aromatic N) is 2. The number of carbonyl (C=O) groups is 3. The lowest BCUT2D eigenvalue weighted by molar-refractivity contribution is -0.308. The first kappa shape index (κ1) is 36.8. The predicted molar refractivity (Wildman–Crippen MR) is 132 cm³/mol. The molecule has 2 rings (SSSR count). The molecule has 0 aliphatic carbocycles. The predicted octanol–water partition coefficient (Wildman–Crippen LogP) is 5.70. The van der Waals surface area contributed by atoms with Crippen molar-refractivity contribution in [3.63, 3.8) is 0 Å². The van der Waals surface area contributed by atoms with E-state index in [0.29, 0.717) is 11.0 Å². The minimum Gasteiger partial charge on any atom is -0.476 e. The van der Waals surface area contributed by atoms with Crippen LogP contribution in [0.25, 0.3) is 0 Å². The Hall–Kier alpha value is -3.44. The highest BCUT2D eigenvalue weighted by atomic mass is 19.4. The number of amides is 1. The van der Waals surface area contributed by atoms with Crippen LogP contribution in [-0.4, -0.2) is 84.4 Å². The molecule has 1 aromatic carbocycles. The van der Waals surface area contributed by atoms with Gasteiger partial charge in [-0.3, -0.25) is 9.69 Å². The molecule has 0 bridgehead atoms. The van der Waals surface area contributed by atoms with Crippen LogP contribution in [0.15, 0.2) is 18.2 Å².